The summed E-state index contributed by atoms with van der Waals surface area (Å²) in [7, 11) is 0. The Morgan fingerprint density at radius 1 is 1.32 bits per heavy atom. The molecule has 3 aromatic heterocycles. The van der Waals surface area contributed by atoms with Gasteiger partial charge < -0.3 is 14.5 Å². The molecule has 0 spiro atoms. The SMILES string of the molecule is C[C@@H]1COCCN1c1cc2c3c(n1)c(-c1ccn[nH]1)nn3CCC(=O)N2CC1(C)CC1. The van der Waals surface area contributed by atoms with E-state index in [1.165, 1.54) is 0 Å². The first-order valence-corrected chi connectivity index (χ1v) is 11.1. The lowest BCUT2D eigenvalue weighted by Crippen LogP contribution is -2.44. The lowest BCUT2D eigenvalue weighted by Gasteiger charge is -2.35. The van der Waals surface area contributed by atoms with Gasteiger partial charge in [0.25, 0.3) is 0 Å². The Bertz CT molecular complexity index is 1150. The van der Waals surface area contributed by atoms with E-state index in [4.69, 9.17) is 14.8 Å². The quantitative estimate of drug-likeness (QED) is 0.696. The molecule has 9 nitrogen and oxygen atoms in total. The molecule has 162 valence electrons. The first kappa shape index (κ1) is 18.8. The van der Waals surface area contributed by atoms with Gasteiger partial charge in [-0.25, -0.2) is 4.98 Å². The normalized spacial score (nSPS) is 22.8. The molecule has 2 aliphatic heterocycles. The van der Waals surface area contributed by atoms with E-state index in [0.717, 1.165) is 59.9 Å². The van der Waals surface area contributed by atoms with Crippen molar-refractivity contribution in [3.8, 4) is 11.4 Å². The number of nitrogens with zero attached hydrogens (tertiary/aromatic N) is 6. The monoisotopic (exact) mass is 421 g/mol. The van der Waals surface area contributed by atoms with Gasteiger partial charge in [0.05, 0.1) is 37.2 Å². The third kappa shape index (κ3) is 3.10. The summed E-state index contributed by atoms with van der Waals surface area (Å²) in [5.41, 5.74) is 4.50. The Morgan fingerprint density at radius 2 is 2.19 bits per heavy atom. The maximum Gasteiger partial charge on any atom is 0.228 e. The molecule has 1 saturated carbocycles. The van der Waals surface area contributed by atoms with Crippen LogP contribution in [0.5, 0.6) is 0 Å². The zero-order valence-electron chi connectivity index (χ0n) is 18.0. The van der Waals surface area contributed by atoms with Crippen molar-refractivity contribution in [2.45, 2.75) is 45.7 Å². The second-order valence-electron chi connectivity index (χ2n) is 9.40. The van der Waals surface area contributed by atoms with Crippen LogP contribution in [0.3, 0.4) is 0 Å². The van der Waals surface area contributed by atoms with Gasteiger partial charge in [0, 0.05) is 31.8 Å². The molecule has 5 heterocycles. The smallest absolute Gasteiger partial charge is 0.228 e. The van der Waals surface area contributed by atoms with Crippen LogP contribution in [0.2, 0.25) is 0 Å². The molecule has 1 amide bonds. The van der Waals surface area contributed by atoms with E-state index in [2.05, 4.69) is 35.0 Å². The number of carbonyl (C=O) groups excluding carboxylic acids is 1. The molecule has 0 radical (unpaired) electrons. The summed E-state index contributed by atoms with van der Waals surface area (Å²) in [5, 5.41) is 12.0. The van der Waals surface area contributed by atoms with Crippen LogP contribution in [0.15, 0.2) is 18.3 Å². The van der Waals surface area contributed by atoms with E-state index >= 15 is 0 Å². The summed E-state index contributed by atoms with van der Waals surface area (Å²) >= 11 is 0. The number of aromatic nitrogens is 5. The van der Waals surface area contributed by atoms with Crippen molar-refractivity contribution in [3.63, 3.8) is 0 Å². The van der Waals surface area contributed by atoms with Gasteiger partial charge in [-0.05, 0) is 31.2 Å². The number of rotatable bonds is 4. The third-order valence-electron chi connectivity index (χ3n) is 6.85. The second kappa shape index (κ2) is 6.78. The highest BCUT2D eigenvalue weighted by Gasteiger charge is 2.42. The Kier molecular flexibility index (Phi) is 4.11. The van der Waals surface area contributed by atoms with Gasteiger partial charge in [-0.3, -0.25) is 14.6 Å². The minimum atomic E-state index is 0.162. The molecule has 2 fully saturated rings. The molecular formula is C22H27N7O2. The number of aryl methyl sites for hydroxylation is 1. The Labute approximate surface area is 180 Å². The largest absolute Gasteiger partial charge is 0.377 e. The molecule has 9 heteroatoms. The van der Waals surface area contributed by atoms with E-state index in [1.54, 1.807) is 6.20 Å². The zero-order valence-corrected chi connectivity index (χ0v) is 18.0. The van der Waals surface area contributed by atoms with Crippen LogP contribution in [0.4, 0.5) is 11.5 Å². The number of carbonyl (C=O) groups is 1. The molecule has 31 heavy (non-hydrogen) atoms. The van der Waals surface area contributed by atoms with Gasteiger partial charge in [0.15, 0.2) is 0 Å². The molecule has 1 aliphatic carbocycles. The molecule has 6 rings (SSSR count). The second-order valence-corrected chi connectivity index (χ2v) is 9.40. The van der Waals surface area contributed by atoms with Crippen LogP contribution in [0, 0.1) is 5.41 Å². The van der Waals surface area contributed by atoms with Crippen molar-refractivity contribution in [1.82, 2.24) is 25.0 Å². The fraction of sp³-hybridized carbons (Fsp3) is 0.545. The number of amides is 1. The summed E-state index contributed by atoms with van der Waals surface area (Å²) in [4.78, 5) is 22.6. The van der Waals surface area contributed by atoms with Crippen molar-refractivity contribution in [2.75, 3.05) is 36.1 Å². The van der Waals surface area contributed by atoms with E-state index in [1.807, 2.05) is 15.6 Å². The average Bonchev–Trinajstić information content (AvgIpc) is 3.16. The number of hydrogen-bond donors (Lipinski definition) is 1. The standard InChI is InChI=1S/C22H27N7O2/c1-14-12-31-10-9-27(14)17-11-16-21-20(24-17)19(15-3-7-23-25-15)26-29(21)8-4-18(30)28(16)13-22(2)5-6-22/h3,7,11,14H,4-6,8-10,12-13H2,1-2H3,(H,23,25)/t14-/m1/s1. The number of H-pyrrole nitrogens is 1. The van der Waals surface area contributed by atoms with Crippen LogP contribution >= 0.6 is 0 Å². The predicted molar refractivity (Wildman–Crippen MR) is 117 cm³/mol. The van der Waals surface area contributed by atoms with Gasteiger partial charge in [0.1, 0.15) is 22.5 Å². The fourth-order valence-corrected chi connectivity index (χ4v) is 4.70. The Hall–Kier alpha value is -2.94. The third-order valence-corrected chi connectivity index (χ3v) is 6.85. The number of anilines is 2. The minimum absolute atomic E-state index is 0.162. The molecule has 1 saturated heterocycles. The summed E-state index contributed by atoms with van der Waals surface area (Å²) in [6, 6.07) is 4.22. The summed E-state index contributed by atoms with van der Waals surface area (Å²) in [6.07, 6.45) is 4.49. The van der Waals surface area contributed by atoms with Crippen LogP contribution in [0.1, 0.15) is 33.1 Å². The zero-order chi connectivity index (χ0) is 21.2. The number of pyridine rings is 1. The van der Waals surface area contributed by atoms with Crippen molar-refractivity contribution in [3.05, 3.63) is 18.3 Å². The lowest BCUT2D eigenvalue weighted by atomic mass is 10.1. The lowest BCUT2D eigenvalue weighted by molar-refractivity contribution is -0.118. The molecule has 1 N–H and O–H groups in total. The molecule has 0 unspecified atom stereocenters. The molecule has 3 aliphatic rings. The van der Waals surface area contributed by atoms with Crippen LogP contribution in [-0.4, -0.2) is 63.2 Å². The summed E-state index contributed by atoms with van der Waals surface area (Å²) in [5.74, 6) is 1.04. The molecule has 0 bridgehead atoms. The van der Waals surface area contributed by atoms with Crippen LogP contribution in [-0.2, 0) is 16.1 Å². The molecule has 1 atom stereocenters. The van der Waals surface area contributed by atoms with Gasteiger partial charge in [-0.2, -0.15) is 10.2 Å². The number of aromatic amines is 1. The molecular weight excluding hydrogens is 394 g/mol. The predicted octanol–water partition coefficient (Wildman–Crippen LogP) is 2.58. The maximum absolute atomic E-state index is 13.2. The average molecular weight is 422 g/mol. The highest BCUT2D eigenvalue weighted by molar-refractivity contribution is 6.06. The van der Waals surface area contributed by atoms with Crippen molar-refractivity contribution >= 4 is 28.4 Å². The molecule has 0 aromatic carbocycles. The summed E-state index contributed by atoms with van der Waals surface area (Å²) in [6.45, 7) is 7.83. The highest BCUT2D eigenvalue weighted by atomic mass is 16.5. The number of ether oxygens (including phenoxy) is 1. The number of hydrogen-bond acceptors (Lipinski definition) is 6. The van der Waals surface area contributed by atoms with E-state index in [9.17, 15) is 4.79 Å². The molecule has 3 aromatic rings. The van der Waals surface area contributed by atoms with Crippen molar-refractivity contribution in [2.24, 2.45) is 5.41 Å². The number of nitrogens with one attached hydrogen (secondary N) is 1. The Balaban J connectivity index is 1.58. The highest BCUT2D eigenvalue weighted by Crippen LogP contribution is 2.47. The van der Waals surface area contributed by atoms with Gasteiger partial charge in [-0.15, -0.1) is 0 Å². The first-order chi connectivity index (χ1) is 15.0. The van der Waals surface area contributed by atoms with Gasteiger partial charge in [0.2, 0.25) is 5.91 Å². The maximum atomic E-state index is 13.2. The minimum Gasteiger partial charge on any atom is -0.377 e. The van der Waals surface area contributed by atoms with Crippen molar-refractivity contribution in [1.29, 1.82) is 0 Å². The fourth-order valence-electron chi connectivity index (χ4n) is 4.70. The van der Waals surface area contributed by atoms with Crippen molar-refractivity contribution < 1.29 is 9.53 Å². The van der Waals surface area contributed by atoms with E-state index in [-0.39, 0.29) is 17.4 Å². The van der Waals surface area contributed by atoms with Crippen LogP contribution < -0.4 is 9.80 Å². The van der Waals surface area contributed by atoms with E-state index in [0.29, 0.717) is 26.2 Å². The van der Waals surface area contributed by atoms with E-state index < -0.39 is 0 Å². The summed E-state index contributed by atoms with van der Waals surface area (Å²) < 4.78 is 7.60. The van der Waals surface area contributed by atoms with Gasteiger partial charge in [-0.1, -0.05) is 6.92 Å². The Morgan fingerprint density at radius 3 is 2.94 bits per heavy atom. The first-order valence-electron chi connectivity index (χ1n) is 11.1. The van der Waals surface area contributed by atoms with Gasteiger partial charge >= 0.3 is 0 Å². The topological polar surface area (TPSA) is 92.2 Å². The number of morpholine rings is 1. The van der Waals surface area contributed by atoms with Crippen LogP contribution in [0.25, 0.3) is 22.4 Å².